The number of carbonyl (C=O) groups is 2. The van der Waals surface area contributed by atoms with E-state index in [1.54, 1.807) is 0 Å². The summed E-state index contributed by atoms with van der Waals surface area (Å²) in [6.07, 6.45) is -5.34. The smallest absolute Gasteiger partial charge is 0.418 e. The van der Waals surface area contributed by atoms with Crippen LogP contribution in [0.1, 0.15) is 42.6 Å². The Morgan fingerprint density at radius 2 is 1.97 bits per heavy atom. The number of alkyl halides is 4. The molecule has 2 aromatic rings. The SMILES string of the molecule is CNC(=O)c1csc2c(C(F)(F)F)cc(OCC3(F)CCN(C(=O)OCC(C)C)CC3)nc12. The second-order valence-corrected chi connectivity index (χ2v) is 9.19. The maximum atomic E-state index is 15.2. The molecular formula is C21H25F4N3O4S. The number of amides is 2. The van der Waals surface area contributed by atoms with Crippen LogP contribution in [0.4, 0.5) is 22.4 Å². The molecule has 0 radical (unpaired) electrons. The molecule has 1 fully saturated rings. The first-order valence-corrected chi connectivity index (χ1v) is 11.3. The average molecular weight is 492 g/mol. The van der Waals surface area contributed by atoms with Crippen molar-refractivity contribution in [2.45, 2.75) is 38.5 Å². The second-order valence-electron chi connectivity index (χ2n) is 8.31. The summed E-state index contributed by atoms with van der Waals surface area (Å²) in [5.41, 5.74) is -3.02. The van der Waals surface area contributed by atoms with E-state index in [4.69, 9.17) is 9.47 Å². The van der Waals surface area contributed by atoms with Crippen LogP contribution in [0.3, 0.4) is 0 Å². The lowest BCUT2D eigenvalue weighted by atomic mass is 9.94. The van der Waals surface area contributed by atoms with E-state index in [2.05, 4.69) is 10.3 Å². The summed E-state index contributed by atoms with van der Waals surface area (Å²) in [4.78, 5) is 29.5. The number of rotatable bonds is 6. The first-order chi connectivity index (χ1) is 15.4. The number of ether oxygens (including phenoxy) is 2. The number of fused-ring (bicyclic) bond motifs is 1. The first-order valence-electron chi connectivity index (χ1n) is 10.4. The number of hydrogen-bond acceptors (Lipinski definition) is 6. The third kappa shape index (κ3) is 5.84. The van der Waals surface area contributed by atoms with Gasteiger partial charge in [0.2, 0.25) is 5.88 Å². The Bertz CT molecular complexity index is 1020. The van der Waals surface area contributed by atoms with Gasteiger partial charge in [-0.25, -0.2) is 14.2 Å². The van der Waals surface area contributed by atoms with Gasteiger partial charge in [-0.1, -0.05) is 13.8 Å². The van der Waals surface area contributed by atoms with E-state index >= 15 is 4.39 Å². The largest absolute Gasteiger partial charge is 0.474 e. The Morgan fingerprint density at radius 1 is 1.30 bits per heavy atom. The number of halogens is 4. The van der Waals surface area contributed by atoms with Crippen LogP contribution in [0.2, 0.25) is 0 Å². The van der Waals surface area contributed by atoms with Crippen molar-refractivity contribution in [3.8, 4) is 5.88 Å². The fraction of sp³-hybridized carbons (Fsp3) is 0.571. The zero-order valence-corrected chi connectivity index (χ0v) is 19.2. The molecule has 2 amide bonds. The monoisotopic (exact) mass is 491 g/mol. The van der Waals surface area contributed by atoms with Crippen LogP contribution in [-0.4, -0.2) is 60.9 Å². The van der Waals surface area contributed by atoms with E-state index in [9.17, 15) is 22.8 Å². The van der Waals surface area contributed by atoms with Gasteiger partial charge in [0.1, 0.15) is 12.3 Å². The van der Waals surface area contributed by atoms with Crippen LogP contribution in [0.5, 0.6) is 5.88 Å². The van der Waals surface area contributed by atoms with Crippen LogP contribution >= 0.6 is 11.3 Å². The molecular weight excluding hydrogens is 466 g/mol. The fourth-order valence-electron chi connectivity index (χ4n) is 3.33. The molecule has 7 nitrogen and oxygen atoms in total. The lowest BCUT2D eigenvalue weighted by Gasteiger charge is -2.35. The molecule has 0 aromatic carbocycles. The molecule has 0 aliphatic carbocycles. The molecule has 1 aliphatic rings. The minimum Gasteiger partial charge on any atom is -0.474 e. The molecule has 182 valence electrons. The summed E-state index contributed by atoms with van der Waals surface area (Å²) in [6, 6.07) is 0.717. The minimum atomic E-state index is -4.71. The highest BCUT2D eigenvalue weighted by Crippen LogP contribution is 2.40. The Kier molecular flexibility index (Phi) is 7.35. The zero-order valence-electron chi connectivity index (χ0n) is 18.4. The number of carbonyl (C=O) groups excluding carboxylic acids is 2. The molecule has 0 spiro atoms. The number of likely N-dealkylation sites (tertiary alicyclic amines) is 1. The summed E-state index contributed by atoms with van der Waals surface area (Å²) >= 11 is 0.751. The van der Waals surface area contributed by atoms with Gasteiger partial charge in [-0.3, -0.25) is 4.79 Å². The molecule has 0 bridgehead atoms. The predicted molar refractivity (Wildman–Crippen MR) is 114 cm³/mol. The fourth-order valence-corrected chi connectivity index (χ4v) is 4.36. The number of nitrogens with zero attached hydrogens (tertiary/aromatic N) is 2. The maximum Gasteiger partial charge on any atom is 0.418 e. The van der Waals surface area contributed by atoms with Crippen molar-refractivity contribution in [1.82, 2.24) is 15.2 Å². The van der Waals surface area contributed by atoms with Gasteiger partial charge in [-0.15, -0.1) is 11.3 Å². The summed E-state index contributed by atoms with van der Waals surface area (Å²) in [5.74, 6) is -0.835. The van der Waals surface area contributed by atoms with Gasteiger partial charge in [-0.05, 0) is 5.92 Å². The molecule has 1 aliphatic heterocycles. The molecule has 33 heavy (non-hydrogen) atoms. The van der Waals surface area contributed by atoms with Crippen LogP contribution in [-0.2, 0) is 10.9 Å². The highest BCUT2D eigenvalue weighted by molar-refractivity contribution is 7.17. The Hall–Kier alpha value is -2.63. The highest BCUT2D eigenvalue weighted by atomic mass is 32.1. The van der Waals surface area contributed by atoms with Crippen molar-refractivity contribution in [2.75, 3.05) is 33.4 Å². The van der Waals surface area contributed by atoms with Gasteiger partial charge in [0.15, 0.2) is 0 Å². The van der Waals surface area contributed by atoms with E-state index in [-0.39, 0.29) is 54.2 Å². The predicted octanol–water partition coefficient (Wildman–Crippen LogP) is 4.65. The van der Waals surface area contributed by atoms with Crippen molar-refractivity contribution in [3.63, 3.8) is 0 Å². The van der Waals surface area contributed by atoms with Crippen LogP contribution in [0, 0.1) is 5.92 Å². The summed E-state index contributed by atoms with van der Waals surface area (Å²) in [7, 11) is 1.36. The Morgan fingerprint density at radius 3 is 2.55 bits per heavy atom. The minimum absolute atomic E-state index is 0.0170. The van der Waals surface area contributed by atoms with Gasteiger partial charge in [0.05, 0.1) is 28.0 Å². The van der Waals surface area contributed by atoms with E-state index in [1.807, 2.05) is 13.8 Å². The molecule has 12 heteroatoms. The topological polar surface area (TPSA) is 80.8 Å². The molecule has 2 aromatic heterocycles. The third-order valence-electron chi connectivity index (χ3n) is 5.21. The van der Waals surface area contributed by atoms with Crippen LogP contribution < -0.4 is 10.1 Å². The van der Waals surface area contributed by atoms with Gasteiger partial charge < -0.3 is 19.7 Å². The number of pyridine rings is 1. The second kappa shape index (κ2) is 9.70. The Labute approximate surface area is 192 Å². The van der Waals surface area contributed by atoms with E-state index < -0.39 is 41.9 Å². The molecule has 3 rings (SSSR count). The van der Waals surface area contributed by atoms with Gasteiger partial charge in [0, 0.05) is 44.4 Å². The van der Waals surface area contributed by atoms with Crippen LogP contribution in [0.25, 0.3) is 10.2 Å². The van der Waals surface area contributed by atoms with Crippen molar-refractivity contribution in [1.29, 1.82) is 0 Å². The number of hydrogen-bond donors (Lipinski definition) is 1. The lowest BCUT2D eigenvalue weighted by Crippen LogP contribution is -2.47. The van der Waals surface area contributed by atoms with Crippen molar-refractivity contribution < 1.29 is 36.6 Å². The van der Waals surface area contributed by atoms with Gasteiger partial charge in [-0.2, -0.15) is 13.2 Å². The third-order valence-corrected chi connectivity index (χ3v) is 6.22. The van der Waals surface area contributed by atoms with Crippen molar-refractivity contribution in [3.05, 3.63) is 22.6 Å². The number of nitrogens with one attached hydrogen (secondary N) is 1. The average Bonchev–Trinajstić information content (AvgIpc) is 3.18. The molecule has 0 atom stereocenters. The van der Waals surface area contributed by atoms with Crippen molar-refractivity contribution in [2.24, 2.45) is 5.92 Å². The quantitative estimate of drug-likeness (QED) is 0.595. The zero-order chi connectivity index (χ0) is 24.4. The number of aromatic nitrogens is 1. The normalized spacial score (nSPS) is 16.2. The molecule has 0 unspecified atom stereocenters. The standard InChI is InChI=1S/C21H25F4N3O4S/c1-12(2)9-31-19(30)28-6-4-20(22,5-7-28)11-32-15-8-14(21(23,24)25)17-16(27-15)13(10-33-17)18(29)26-3/h8,10,12H,4-7,9,11H2,1-3H3,(H,26,29). The van der Waals surface area contributed by atoms with Crippen molar-refractivity contribution >= 4 is 33.6 Å². The van der Waals surface area contributed by atoms with E-state index in [0.29, 0.717) is 6.07 Å². The summed E-state index contributed by atoms with van der Waals surface area (Å²) < 4.78 is 66.3. The highest BCUT2D eigenvalue weighted by Gasteiger charge is 2.39. The number of piperidine rings is 1. The van der Waals surface area contributed by atoms with Crippen LogP contribution in [0.15, 0.2) is 11.4 Å². The lowest BCUT2D eigenvalue weighted by molar-refractivity contribution is -0.136. The van der Waals surface area contributed by atoms with E-state index in [1.165, 1.54) is 17.3 Å². The molecule has 3 heterocycles. The van der Waals surface area contributed by atoms with Gasteiger partial charge >= 0.3 is 12.3 Å². The molecule has 0 saturated carbocycles. The molecule has 1 N–H and O–H groups in total. The van der Waals surface area contributed by atoms with Gasteiger partial charge in [0.25, 0.3) is 5.91 Å². The van der Waals surface area contributed by atoms with E-state index in [0.717, 1.165) is 11.3 Å². The summed E-state index contributed by atoms with van der Waals surface area (Å²) in [6.45, 7) is 3.73. The first kappa shape index (κ1) is 25.0. The number of thiophene rings is 1. The molecule has 1 saturated heterocycles. The summed E-state index contributed by atoms with van der Waals surface area (Å²) in [5, 5.41) is 3.65. The Balaban J connectivity index is 1.73. The maximum absolute atomic E-state index is 15.2.